The van der Waals surface area contributed by atoms with Gasteiger partial charge < -0.3 is 9.15 Å². The molecule has 0 saturated heterocycles. The van der Waals surface area contributed by atoms with Gasteiger partial charge >= 0.3 is 5.97 Å². The summed E-state index contributed by atoms with van der Waals surface area (Å²) in [6.45, 7) is 2.73. The highest BCUT2D eigenvalue weighted by atomic mass is 35.5. The van der Waals surface area contributed by atoms with Gasteiger partial charge in [-0.3, -0.25) is 9.59 Å². The number of hydrogen-bond acceptors (Lipinski definition) is 7. The van der Waals surface area contributed by atoms with Crippen molar-refractivity contribution in [3.05, 3.63) is 89.3 Å². The van der Waals surface area contributed by atoms with E-state index in [-0.39, 0.29) is 4.90 Å². The van der Waals surface area contributed by atoms with E-state index in [0.29, 0.717) is 22.9 Å². The molecule has 1 amide bonds. The Morgan fingerprint density at radius 1 is 1.11 bits per heavy atom. The van der Waals surface area contributed by atoms with E-state index in [4.69, 9.17) is 20.8 Å². The molecule has 1 aliphatic heterocycles. The summed E-state index contributed by atoms with van der Waals surface area (Å²) in [4.78, 5) is 26.0. The SMILES string of the molecule is CC(C)[C@H](NS(=O)(=O)c1ccccc1)C(=O)OCC(=O)N1N=C(c2ccc(Cl)cc2)CC1c1ccco1. The number of furan rings is 1. The molecule has 37 heavy (non-hydrogen) atoms. The normalized spacial score (nSPS) is 16.5. The third kappa shape index (κ3) is 6.27. The van der Waals surface area contributed by atoms with Crippen LogP contribution in [0, 0.1) is 5.92 Å². The van der Waals surface area contributed by atoms with Crippen molar-refractivity contribution in [3.8, 4) is 0 Å². The largest absolute Gasteiger partial charge is 0.467 e. The minimum Gasteiger partial charge on any atom is -0.467 e. The van der Waals surface area contributed by atoms with Gasteiger partial charge in [0.2, 0.25) is 10.0 Å². The van der Waals surface area contributed by atoms with E-state index in [0.717, 1.165) is 5.56 Å². The van der Waals surface area contributed by atoms with Gasteiger partial charge in [0.05, 0.1) is 16.9 Å². The van der Waals surface area contributed by atoms with Crippen LogP contribution in [-0.4, -0.2) is 43.7 Å². The van der Waals surface area contributed by atoms with Crippen molar-refractivity contribution in [2.24, 2.45) is 11.0 Å². The van der Waals surface area contributed by atoms with Crippen molar-refractivity contribution < 1.29 is 27.2 Å². The van der Waals surface area contributed by atoms with Gasteiger partial charge in [0.1, 0.15) is 17.8 Å². The van der Waals surface area contributed by atoms with E-state index in [9.17, 15) is 18.0 Å². The topological polar surface area (TPSA) is 118 Å². The predicted octanol–water partition coefficient (Wildman–Crippen LogP) is 4.16. The van der Waals surface area contributed by atoms with Crippen LogP contribution in [0.4, 0.5) is 0 Å². The van der Waals surface area contributed by atoms with Crippen molar-refractivity contribution in [1.82, 2.24) is 9.73 Å². The molecule has 0 saturated carbocycles. The molecule has 0 radical (unpaired) electrons. The van der Waals surface area contributed by atoms with Crippen molar-refractivity contribution in [2.75, 3.05) is 6.61 Å². The fourth-order valence-corrected chi connectivity index (χ4v) is 5.32. The van der Waals surface area contributed by atoms with Gasteiger partial charge in [-0.15, -0.1) is 0 Å². The number of amides is 1. The smallest absolute Gasteiger partial charge is 0.324 e. The van der Waals surface area contributed by atoms with Crippen LogP contribution in [0.3, 0.4) is 0 Å². The Balaban J connectivity index is 1.47. The van der Waals surface area contributed by atoms with Crippen LogP contribution in [-0.2, 0) is 24.3 Å². The fraction of sp³-hybridized carbons (Fsp3) is 0.269. The maximum absolute atomic E-state index is 13.1. The predicted molar refractivity (Wildman–Crippen MR) is 137 cm³/mol. The quantitative estimate of drug-likeness (QED) is 0.405. The molecule has 2 heterocycles. The van der Waals surface area contributed by atoms with Gasteiger partial charge in [-0.1, -0.05) is 55.8 Å². The molecular formula is C26H26ClN3O6S. The molecular weight excluding hydrogens is 518 g/mol. The monoisotopic (exact) mass is 543 g/mol. The first-order valence-electron chi connectivity index (χ1n) is 11.6. The summed E-state index contributed by atoms with van der Waals surface area (Å²) in [5, 5.41) is 6.28. The number of ether oxygens (including phenoxy) is 1. The number of benzene rings is 2. The number of nitrogens with zero attached hydrogens (tertiary/aromatic N) is 2. The number of hydrogen-bond donors (Lipinski definition) is 1. The van der Waals surface area contributed by atoms with Crippen LogP contribution in [0.5, 0.6) is 0 Å². The van der Waals surface area contributed by atoms with Gasteiger partial charge in [-0.05, 0) is 47.9 Å². The summed E-state index contributed by atoms with van der Waals surface area (Å²) < 4.78 is 38.6. The summed E-state index contributed by atoms with van der Waals surface area (Å²) in [5.41, 5.74) is 1.44. The number of sulfonamides is 1. The van der Waals surface area contributed by atoms with E-state index in [1.54, 1.807) is 68.4 Å². The molecule has 0 fully saturated rings. The zero-order chi connectivity index (χ0) is 26.6. The summed E-state index contributed by atoms with van der Waals surface area (Å²) in [7, 11) is -3.97. The molecule has 2 aromatic carbocycles. The highest BCUT2D eigenvalue weighted by Gasteiger charge is 2.36. The molecule has 0 bridgehead atoms. The molecule has 0 spiro atoms. The fourth-order valence-electron chi connectivity index (χ4n) is 3.84. The number of nitrogens with one attached hydrogen (secondary N) is 1. The van der Waals surface area contributed by atoms with E-state index in [1.165, 1.54) is 23.4 Å². The highest BCUT2D eigenvalue weighted by molar-refractivity contribution is 7.89. The molecule has 1 aromatic heterocycles. The molecule has 1 aliphatic rings. The standard InChI is InChI=1S/C26H26ClN3O6S/c1-17(2)25(29-37(33,34)20-7-4-3-5-8-20)26(32)36-16-24(31)30-22(23-9-6-14-35-23)15-21(28-30)18-10-12-19(27)13-11-18/h3-14,17,22,25,29H,15-16H2,1-2H3/t22?,25-/m0/s1. The minimum atomic E-state index is -3.97. The van der Waals surface area contributed by atoms with E-state index in [2.05, 4.69) is 9.82 Å². The third-order valence-electron chi connectivity index (χ3n) is 5.81. The lowest BCUT2D eigenvalue weighted by molar-refractivity contribution is -0.155. The molecule has 9 nitrogen and oxygen atoms in total. The van der Waals surface area contributed by atoms with Crippen LogP contribution < -0.4 is 4.72 Å². The van der Waals surface area contributed by atoms with Gasteiger partial charge in [-0.25, -0.2) is 13.4 Å². The number of carbonyl (C=O) groups is 2. The molecule has 4 rings (SSSR count). The maximum atomic E-state index is 13.1. The second kappa shape index (κ2) is 11.3. The van der Waals surface area contributed by atoms with E-state index in [1.807, 2.05) is 0 Å². The first-order valence-corrected chi connectivity index (χ1v) is 13.4. The molecule has 0 aliphatic carbocycles. The second-order valence-corrected chi connectivity index (χ2v) is 10.9. The van der Waals surface area contributed by atoms with Crippen LogP contribution in [0.2, 0.25) is 5.02 Å². The van der Waals surface area contributed by atoms with Gasteiger partial charge in [0.25, 0.3) is 5.91 Å². The maximum Gasteiger partial charge on any atom is 0.324 e. The molecule has 1 unspecified atom stereocenters. The zero-order valence-corrected chi connectivity index (χ0v) is 21.8. The van der Waals surface area contributed by atoms with Crippen molar-refractivity contribution >= 4 is 39.2 Å². The summed E-state index contributed by atoms with van der Waals surface area (Å²) in [6.07, 6.45) is 1.89. The first-order chi connectivity index (χ1) is 17.7. The molecule has 11 heteroatoms. The summed E-state index contributed by atoms with van der Waals surface area (Å²) in [6, 6.07) is 16.5. The number of rotatable bonds is 9. The molecule has 2 atom stereocenters. The number of halogens is 1. The molecule has 194 valence electrons. The minimum absolute atomic E-state index is 0.0203. The Hall–Kier alpha value is -3.47. The summed E-state index contributed by atoms with van der Waals surface area (Å²) >= 11 is 5.99. The van der Waals surface area contributed by atoms with Gasteiger partial charge in [-0.2, -0.15) is 9.82 Å². The van der Waals surface area contributed by atoms with E-state index >= 15 is 0 Å². The zero-order valence-electron chi connectivity index (χ0n) is 20.2. The Morgan fingerprint density at radius 2 is 1.81 bits per heavy atom. The second-order valence-electron chi connectivity index (χ2n) is 8.79. The Bertz CT molecular complexity index is 1370. The lowest BCUT2D eigenvalue weighted by Gasteiger charge is -2.22. The highest BCUT2D eigenvalue weighted by Crippen LogP contribution is 2.33. The summed E-state index contributed by atoms with van der Waals surface area (Å²) in [5.74, 6) is -1.34. The molecule has 3 aromatic rings. The van der Waals surface area contributed by atoms with Crippen molar-refractivity contribution in [3.63, 3.8) is 0 Å². The van der Waals surface area contributed by atoms with Crippen LogP contribution in [0.15, 0.2) is 87.4 Å². The van der Waals surface area contributed by atoms with Crippen molar-refractivity contribution in [2.45, 2.75) is 37.2 Å². The van der Waals surface area contributed by atoms with Crippen molar-refractivity contribution in [1.29, 1.82) is 0 Å². The average molecular weight is 544 g/mol. The van der Waals surface area contributed by atoms with Gasteiger partial charge in [0, 0.05) is 11.4 Å². The third-order valence-corrected chi connectivity index (χ3v) is 7.52. The number of hydrazone groups is 1. The Kier molecular flexibility index (Phi) is 8.11. The Labute approximate surface area is 220 Å². The van der Waals surface area contributed by atoms with Crippen LogP contribution >= 0.6 is 11.6 Å². The number of esters is 1. The first kappa shape index (κ1) is 26.6. The van der Waals surface area contributed by atoms with Gasteiger partial charge in [0.15, 0.2) is 6.61 Å². The van der Waals surface area contributed by atoms with E-state index < -0.39 is 46.5 Å². The number of carbonyl (C=O) groups excluding carboxylic acids is 2. The van der Waals surface area contributed by atoms with Crippen LogP contribution in [0.1, 0.15) is 37.6 Å². The molecule has 1 N–H and O–H groups in total. The average Bonchev–Trinajstić information content (AvgIpc) is 3.57. The Morgan fingerprint density at radius 3 is 2.43 bits per heavy atom. The lowest BCUT2D eigenvalue weighted by Crippen LogP contribution is -2.46. The lowest BCUT2D eigenvalue weighted by atomic mass is 10.0. The van der Waals surface area contributed by atoms with Crippen LogP contribution in [0.25, 0.3) is 0 Å².